The topological polar surface area (TPSA) is 38.3 Å². The van der Waals surface area contributed by atoms with Gasteiger partial charge >= 0.3 is 0 Å². The molecule has 1 amide bonds. The van der Waals surface area contributed by atoms with Crippen LogP contribution in [0.4, 0.5) is 0 Å². The molecule has 140 valence electrons. The first kappa shape index (κ1) is 20.6. The number of rotatable bonds is 6. The third kappa shape index (κ3) is 5.65. The van der Waals surface area contributed by atoms with E-state index in [1.54, 1.807) is 18.2 Å². The predicted octanol–water partition coefficient (Wildman–Crippen LogP) is 5.76. The van der Waals surface area contributed by atoms with Gasteiger partial charge in [0, 0.05) is 16.6 Å². The smallest absolute Gasteiger partial charge is 0.261 e. The van der Waals surface area contributed by atoms with E-state index in [1.807, 2.05) is 31.2 Å². The molecule has 0 fully saturated rings. The van der Waals surface area contributed by atoms with E-state index in [0.717, 1.165) is 5.56 Å². The number of nitrogens with one attached hydrogen (secondary N) is 1. The summed E-state index contributed by atoms with van der Waals surface area (Å²) < 4.78 is 5.86. The van der Waals surface area contributed by atoms with Gasteiger partial charge in [0.2, 0.25) is 0 Å². The van der Waals surface area contributed by atoms with Crippen LogP contribution in [0.2, 0.25) is 10.0 Å². The molecule has 0 heterocycles. The molecule has 2 rings (SSSR count). The summed E-state index contributed by atoms with van der Waals surface area (Å²) in [5.41, 5.74) is 2.12. The van der Waals surface area contributed by atoms with Gasteiger partial charge in [-0.2, -0.15) is 0 Å². The lowest BCUT2D eigenvalue weighted by Gasteiger charge is -2.21. The van der Waals surface area contributed by atoms with Gasteiger partial charge in [-0.3, -0.25) is 4.79 Å². The Kier molecular flexibility index (Phi) is 6.96. The molecule has 0 aromatic heterocycles. The van der Waals surface area contributed by atoms with Crippen molar-refractivity contribution in [1.82, 2.24) is 5.32 Å². The molecule has 0 saturated carbocycles. The van der Waals surface area contributed by atoms with Crippen molar-refractivity contribution in [3.05, 3.63) is 63.6 Å². The number of halogens is 2. The summed E-state index contributed by atoms with van der Waals surface area (Å²) in [6, 6.07) is 13.1. The van der Waals surface area contributed by atoms with Gasteiger partial charge in [0.25, 0.3) is 5.91 Å². The fourth-order valence-electron chi connectivity index (χ4n) is 2.48. The van der Waals surface area contributed by atoms with Gasteiger partial charge in [0.15, 0.2) is 6.10 Å². The molecule has 0 bridgehead atoms. The summed E-state index contributed by atoms with van der Waals surface area (Å²) in [4.78, 5) is 12.5. The molecule has 1 N–H and O–H groups in total. The van der Waals surface area contributed by atoms with E-state index >= 15 is 0 Å². The van der Waals surface area contributed by atoms with Gasteiger partial charge in [-0.05, 0) is 47.2 Å². The van der Waals surface area contributed by atoms with Gasteiger partial charge in [0.05, 0.1) is 0 Å². The lowest BCUT2D eigenvalue weighted by Crippen LogP contribution is -2.37. The van der Waals surface area contributed by atoms with E-state index in [4.69, 9.17) is 27.9 Å². The molecule has 0 unspecified atom stereocenters. The van der Waals surface area contributed by atoms with Gasteiger partial charge in [-0.15, -0.1) is 0 Å². The number of hydrogen-bond donors (Lipinski definition) is 1. The SMILES string of the molecule is CC[C@@H](Oc1ccc(C(C)(C)C)cc1)C(=O)NCc1ccc(Cl)cc1Cl. The Morgan fingerprint density at radius 2 is 1.77 bits per heavy atom. The van der Waals surface area contributed by atoms with E-state index in [0.29, 0.717) is 28.8 Å². The average Bonchev–Trinajstić information content (AvgIpc) is 2.58. The number of benzene rings is 2. The van der Waals surface area contributed by atoms with Crippen molar-refractivity contribution in [3.8, 4) is 5.75 Å². The first-order valence-corrected chi connectivity index (χ1v) is 9.45. The highest BCUT2D eigenvalue weighted by molar-refractivity contribution is 6.35. The molecule has 5 heteroatoms. The maximum absolute atomic E-state index is 12.5. The summed E-state index contributed by atoms with van der Waals surface area (Å²) in [6.07, 6.45) is 0.0165. The monoisotopic (exact) mass is 393 g/mol. The van der Waals surface area contributed by atoms with E-state index in [-0.39, 0.29) is 11.3 Å². The molecule has 0 aliphatic carbocycles. The minimum absolute atomic E-state index is 0.0813. The van der Waals surface area contributed by atoms with E-state index in [9.17, 15) is 4.79 Å². The molecule has 2 aromatic carbocycles. The Labute approximate surface area is 165 Å². The van der Waals surface area contributed by atoms with Crippen LogP contribution in [0.25, 0.3) is 0 Å². The quantitative estimate of drug-likeness (QED) is 0.676. The fraction of sp³-hybridized carbons (Fsp3) is 0.381. The van der Waals surface area contributed by atoms with E-state index in [1.165, 1.54) is 5.56 Å². The maximum atomic E-state index is 12.5. The summed E-state index contributed by atoms with van der Waals surface area (Å²) in [5, 5.41) is 3.97. The molecule has 3 nitrogen and oxygen atoms in total. The van der Waals surface area contributed by atoms with Crippen molar-refractivity contribution in [2.24, 2.45) is 0 Å². The van der Waals surface area contributed by atoms with Crippen LogP contribution in [0.15, 0.2) is 42.5 Å². The molecule has 0 saturated heterocycles. The van der Waals surface area contributed by atoms with Crippen LogP contribution in [-0.2, 0) is 16.8 Å². The molecule has 0 aliphatic rings. The van der Waals surface area contributed by atoms with Crippen LogP contribution in [0, 0.1) is 0 Å². The highest BCUT2D eigenvalue weighted by atomic mass is 35.5. The minimum atomic E-state index is -0.554. The lowest BCUT2D eigenvalue weighted by molar-refractivity contribution is -0.128. The molecular formula is C21H25Cl2NO2. The third-order valence-corrected chi connectivity index (χ3v) is 4.72. The molecule has 0 aliphatic heterocycles. The number of carbonyl (C=O) groups is 1. The number of carbonyl (C=O) groups excluding carboxylic acids is 1. The lowest BCUT2D eigenvalue weighted by atomic mass is 9.87. The number of hydrogen-bond acceptors (Lipinski definition) is 2. The normalized spacial score (nSPS) is 12.5. The average molecular weight is 394 g/mol. The molecule has 2 aromatic rings. The van der Waals surface area contributed by atoms with Crippen LogP contribution in [0.5, 0.6) is 5.75 Å². The van der Waals surface area contributed by atoms with Crippen molar-refractivity contribution in [3.63, 3.8) is 0 Å². The molecule has 26 heavy (non-hydrogen) atoms. The fourth-order valence-corrected chi connectivity index (χ4v) is 2.96. The number of ether oxygens (including phenoxy) is 1. The Hall–Kier alpha value is -1.71. The highest BCUT2D eigenvalue weighted by Crippen LogP contribution is 2.25. The number of amides is 1. The van der Waals surface area contributed by atoms with E-state index < -0.39 is 6.10 Å². The van der Waals surface area contributed by atoms with Crippen LogP contribution < -0.4 is 10.1 Å². The standard InChI is InChI=1S/C21H25Cl2NO2/c1-5-19(26-17-10-7-15(8-11-17)21(2,3)4)20(25)24-13-14-6-9-16(22)12-18(14)23/h6-12,19H,5,13H2,1-4H3,(H,24,25)/t19-/m1/s1. The summed E-state index contributed by atoms with van der Waals surface area (Å²) in [6.45, 7) is 8.73. The zero-order valence-corrected chi connectivity index (χ0v) is 17.1. The van der Waals surface area contributed by atoms with Crippen molar-refractivity contribution in [2.45, 2.75) is 52.2 Å². The molecular weight excluding hydrogens is 369 g/mol. The van der Waals surface area contributed by atoms with E-state index in [2.05, 4.69) is 26.1 Å². The second-order valence-corrected chi connectivity index (χ2v) is 8.09. The zero-order valence-electron chi connectivity index (χ0n) is 15.6. The van der Waals surface area contributed by atoms with Gasteiger partial charge in [0.1, 0.15) is 5.75 Å². The highest BCUT2D eigenvalue weighted by Gasteiger charge is 2.19. The first-order chi connectivity index (χ1) is 12.2. The Bertz CT molecular complexity index is 752. The molecule has 0 spiro atoms. The Balaban J connectivity index is 1.98. The van der Waals surface area contributed by atoms with Gasteiger partial charge in [-0.25, -0.2) is 0 Å². The second-order valence-electron chi connectivity index (χ2n) is 7.24. The molecule has 1 atom stereocenters. The Morgan fingerprint density at radius 1 is 1.12 bits per heavy atom. The van der Waals surface area contributed by atoms with Gasteiger partial charge < -0.3 is 10.1 Å². The maximum Gasteiger partial charge on any atom is 0.261 e. The second kappa shape index (κ2) is 8.79. The summed E-state index contributed by atoms with van der Waals surface area (Å²) >= 11 is 12.0. The van der Waals surface area contributed by atoms with Crippen molar-refractivity contribution in [1.29, 1.82) is 0 Å². The predicted molar refractivity (Wildman–Crippen MR) is 108 cm³/mol. The van der Waals surface area contributed by atoms with Crippen LogP contribution in [-0.4, -0.2) is 12.0 Å². The molecule has 0 radical (unpaired) electrons. The van der Waals surface area contributed by atoms with Gasteiger partial charge in [-0.1, -0.05) is 69.1 Å². The van der Waals surface area contributed by atoms with Crippen molar-refractivity contribution < 1.29 is 9.53 Å². The first-order valence-electron chi connectivity index (χ1n) is 8.69. The van der Waals surface area contributed by atoms with Crippen LogP contribution >= 0.6 is 23.2 Å². The zero-order chi connectivity index (χ0) is 19.3. The van der Waals surface area contributed by atoms with Crippen LogP contribution in [0.1, 0.15) is 45.2 Å². The van der Waals surface area contributed by atoms with Crippen LogP contribution in [0.3, 0.4) is 0 Å². The summed E-state index contributed by atoms with van der Waals surface area (Å²) in [7, 11) is 0. The van der Waals surface area contributed by atoms with Crippen molar-refractivity contribution in [2.75, 3.05) is 0 Å². The minimum Gasteiger partial charge on any atom is -0.481 e. The summed E-state index contributed by atoms with van der Waals surface area (Å²) in [5.74, 6) is 0.517. The van der Waals surface area contributed by atoms with Crippen molar-refractivity contribution >= 4 is 29.1 Å². The third-order valence-electron chi connectivity index (χ3n) is 4.13. The Morgan fingerprint density at radius 3 is 2.31 bits per heavy atom. The largest absolute Gasteiger partial charge is 0.481 e.